The largest absolute Gasteiger partial charge is 0.485 e. The highest BCUT2D eigenvalue weighted by Gasteiger charge is 2.13. The molecule has 0 unspecified atom stereocenters. The molecule has 0 fully saturated rings. The smallest absolute Gasteiger partial charge is 0.201 e. The molecule has 0 radical (unpaired) electrons. The second-order valence-electron chi connectivity index (χ2n) is 5.72. The molecule has 1 aromatic carbocycles. The van der Waals surface area contributed by atoms with Gasteiger partial charge in [-0.1, -0.05) is 26.0 Å². The van der Waals surface area contributed by atoms with Gasteiger partial charge in [-0.05, 0) is 49.9 Å². The van der Waals surface area contributed by atoms with Crippen LogP contribution < -0.4 is 4.74 Å². The van der Waals surface area contributed by atoms with Gasteiger partial charge < -0.3 is 4.74 Å². The number of hydrogen-bond acceptors (Lipinski definition) is 3. The van der Waals surface area contributed by atoms with Gasteiger partial charge in [0.25, 0.3) is 0 Å². The topological polar surface area (TPSA) is 26.3 Å². The van der Waals surface area contributed by atoms with Crippen LogP contribution in [0.4, 0.5) is 0 Å². The van der Waals surface area contributed by atoms with Crippen molar-refractivity contribution in [2.45, 2.75) is 40.5 Å². The molecule has 0 aliphatic rings. The van der Waals surface area contributed by atoms with Crippen LogP contribution in [-0.2, 0) is 0 Å². The molecule has 0 aliphatic heterocycles. The molecule has 0 atom stereocenters. The van der Waals surface area contributed by atoms with Crippen molar-refractivity contribution in [3.63, 3.8) is 0 Å². The van der Waals surface area contributed by atoms with Gasteiger partial charge >= 0.3 is 0 Å². The van der Waals surface area contributed by atoms with Gasteiger partial charge in [0.05, 0.1) is 0 Å². The Hall–Kier alpha value is -1.61. The predicted molar refractivity (Wildman–Crippen MR) is 88.9 cm³/mol. The standard InChI is InChI=1S/C18H22O2S/c1-11(2)15-7-6-12(3)18(9-15)20-10-17(19)16-8-13(4)21-14(16)5/h6-9,11H,10H2,1-5H3. The van der Waals surface area contributed by atoms with Crippen molar-refractivity contribution < 1.29 is 9.53 Å². The van der Waals surface area contributed by atoms with Crippen molar-refractivity contribution in [1.29, 1.82) is 0 Å². The van der Waals surface area contributed by atoms with E-state index in [0.717, 1.165) is 26.6 Å². The summed E-state index contributed by atoms with van der Waals surface area (Å²) in [4.78, 5) is 14.5. The molecule has 0 bridgehead atoms. The molecule has 21 heavy (non-hydrogen) atoms. The highest BCUT2D eigenvalue weighted by molar-refractivity contribution is 7.12. The molecule has 0 amide bonds. The third-order valence-corrected chi connectivity index (χ3v) is 4.54. The van der Waals surface area contributed by atoms with E-state index in [1.807, 2.05) is 32.9 Å². The maximum absolute atomic E-state index is 12.3. The van der Waals surface area contributed by atoms with Crippen molar-refractivity contribution in [1.82, 2.24) is 0 Å². The van der Waals surface area contributed by atoms with Crippen LogP contribution in [0.15, 0.2) is 24.3 Å². The molecule has 0 saturated carbocycles. The van der Waals surface area contributed by atoms with Crippen molar-refractivity contribution in [2.24, 2.45) is 0 Å². The van der Waals surface area contributed by atoms with E-state index in [1.54, 1.807) is 11.3 Å². The highest BCUT2D eigenvalue weighted by atomic mass is 32.1. The first-order valence-corrected chi connectivity index (χ1v) is 8.03. The Labute approximate surface area is 130 Å². The molecule has 112 valence electrons. The molecule has 0 saturated heterocycles. The number of carbonyl (C=O) groups excluding carboxylic acids is 1. The van der Waals surface area contributed by atoms with Gasteiger partial charge in [0.2, 0.25) is 5.78 Å². The molecule has 2 aromatic rings. The zero-order chi connectivity index (χ0) is 15.6. The summed E-state index contributed by atoms with van der Waals surface area (Å²) in [6, 6.07) is 8.15. The van der Waals surface area contributed by atoms with Crippen LogP contribution in [0.2, 0.25) is 0 Å². The molecule has 2 nitrogen and oxygen atoms in total. The fraction of sp³-hybridized carbons (Fsp3) is 0.389. The Morgan fingerprint density at radius 3 is 2.48 bits per heavy atom. The summed E-state index contributed by atoms with van der Waals surface area (Å²) < 4.78 is 5.76. The van der Waals surface area contributed by atoms with Crippen molar-refractivity contribution in [3.8, 4) is 5.75 Å². The van der Waals surface area contributed by atoms with E-state index in [9.17, 15) is 4.79 Å². The average molecular weight is 302 g/mol. The Balaban J connectivity index is 2.11. The van der Waals surface area contributed by atoms with Crippen LogP contribution in [0.3, 0.4) is 0 Å². The summed E-state index contributed by atoms with van der Waals surface area (Å²) in [6.45, 7) is 10.4. The first-order chi connectivity index (χ1) is 9.88. The van der Waals surface area contributed by atoms with Crippen LogP contribution in [0.1, 0.15) is 51.0 Å². The third-order valence-electron chi connectivity index (χ3n) is 3.58. The van der Waals surface area contributed by atoms with Gasteiger partial charge in [0, 0.05) is 15.3 Å². The highest BCUT2D eigenvalue weighted by Crippen LogP contribution is 2.25. The molecule has 0 N–H and O–H groups in total. The van der Waals surface area contributed by atoms with Gasteiger partial charge in [0.15, 0.2) is 6.61 Å². The monoisotopic (exact) mass is 302 g/mol. The zero-order valence-corrected chi connectivity index (χ0v) is 14.1. The Morgan fingerprint density at radius 1 is 1.19 bits per heavy atom. The average Bonchev–Trinajstić information content (AvgIpc) is 2.76. The number of benzene rings is 1. The van der Waals surface area contributed by atoms with Crippen LogP contribution in [-0.4, -0.2) is 12.4 Å². The van der Waals surface area contributed by atoms with Gasteiger partial charge in [0.1, 0.15) is 5.75 Å². The maximum atomic E-state index is 12.3. The molecular weight excluding hydrogens is 280 g/mol. The van der Waals surface area contributed by atoms with E-state index in [-0.39, 0.29) is 12.4 Å². The Kier molecular flexibility index (Phi) is 4.84. The number of aryl methyl sites for hydroxylation is 3. The summed E-state index contributed by atoms with van der Waals surface area (Å²) in [5.41, 5.74) is 3.08. The normalized spacial score (nSPS) is 11.0. The van der Waals surface area contributed by atoms with Gasteiger partial charge in [-0.25, -0.2) is 0 Å². The van der Waals surface area contributed by atoms with E-state index in [0.29, 0.717) is 5.92 Å². The Bertz CT molecular complexity index is 653. The lowest BCUT2D eigenvalue weighted by atomic mass is 10.0. The summed E-state index contributed by atoms with van der Waals surface area (Å²) >= 11 is 1.65. The quantitative estimate of drug-likeness (QED) is 0.722. The van der Waals surface area contributed by atoms with Crippen LogP contribution in [0.5, 0.6) is 5.75 Å². The fourth-order valence-corrected chi connectivity index (χ4v) is 3.20. The number of thiophene rings is 1. The first-order valence-electron chi connectivity index (χ1n) is 7.22. The SMILES string of the molecule is Cc1cc(C(=O)COc2cc(C(C)C)ccc2C)c(C)s1. The summed E-state index contributed by atoms with van der Waals surface area (Å²) in [5, 5.41) is 0. The van der Waals surface area contributed by atoms with Crippen molar-refractivity contribution in [3.05, 3.63) is 50.7 Å². The molecule has 0 spiro atoms. The Morgan fingerprint density at radius 2 is 1.90 bits per heavy atom. The lowest BCUT2D eigenvalue weighted by Gasteiger charge is -2.12. The summed E-state index contributed by atoms with van der Waals surface area (Å²) in [6.07, 6.45) is 0. The molecule has 2 rings (SSSR count). The van der Waals surface area contributed by atoms with E-state index in [4.69, 9.17) is 4.74 Å². The molecular formula is C18H22O2S. The number of Topliss-reactive ketones (excluding diaryl/α,β-unsaturated/α-hetero) is 1. The third kappa shape index (κ3) is 3.73. The van der Waals surface area contributed by atoms with Crippen molar-refractivity contribution in [2.75, 3.05) is 6.61 Å². The summed E-state index contributed by atoms with van der Waals surface area (Å²) in [5.74, 6) is 1.30. The number of hydrogen-bond donors (Lipinski definition) is 0. The second-order valence-corrected chi connectivity index (χ2v) is 7.18. The molecule has 0 aliphatic carbocycles. The zero-order valence-electron chi connectivity index (χ0n) is 13.3. The molecule has 1 heterocycles. The van der Waals surface area contributed by atoms with Gasteiger partial charge in [-0.15, -0.1) is 11.3 Å². The van der Waals surface area contributed by atoms with Gasteiger partial charge in [-0.3, -0.25) is 4.79 Å². The maximum Gasteiger partial charge on any atom is 0.201 e. The van der Waals surface area contributed by atoms with Crippen LogP contribution >= 0.6 is 11.3 Å². The minimum atomic E-state index is 0.0474. The minimum absolute atomic E-state index is 0.0474. The second kappa shape index (κ2) is 6.44. The number of rotatable bonds is 5. The van der Waals surface area contributed by atoms with E-state index in [1.165, 1.54) is 5.56 Å². The first kappa shape index (κ1) is 15.8. The van der Waals surface area contributed by atoms with Crippen LogP contribution in [0, 0.1) is 20.8 Å². The van der Waals surface area contributed by atoms with E-state index >= 15 is 0 Å². The fourth-order valence-electron chi connectivity index (χ4n) is 2.26. The number of ketones is 1. The van der Waals surface area contributed by atoms with Crippen molar-refractivity contribution >= 4 is 17.1 Å². The number of ether oxygens (including phenoxy) is 1. The minimum Gasteiger partial charge on any atom is -0.485 e. The van der Waals surface area contributed by atoms with Gasteiger partial charge in [-0.2, -0.15) is 0 Å². The van der Waals surface area contributed by atoms with E-state index in [2.05, 4.69) is 26.0 Å². The number of carbonyl (C=O) groups is 1. The lowest BCUT2D eigenvalue weighted by molar-refractivity contribution is 0.0921. The van der Waals surface area contributed by atoms with Crippen LogP contribution in [0.25, 0.3) is 0 Å². The molecule has 1 aromatic heterocycles. The molecule has 3 heteroatoms. The lowest BCUT2D eigenvalue weighted by Crippen LogP contribution is -2.12. The predicted octanol–water partition coefficient (Wildman–Crippen LogP) is 5.06. The van der Waals surface area contributed by atoms with E-state index < -0.39 is 0 Å². The summed E-state index contributed by atoms with van der Waals surface area (Å²) in [7, 11) is 0.